The molecule has 0 unspecified atom stereocenters. The van der Waals surface area contributed by atoms with Crippen LogP contribution in [-0.4, -0.2) is 11.6 Å². The Hall–Kier alpha value is -0.830. The van der Waals surface area contributed by atoms with Crippen LogP contribution in [0.25, 0.3) is 0 Å². The van der Waals surface area contributed by atoms with E-state index in [0.717, 1.165) is 0 Å². The molecule has 0 spiro atoms. The van der Waals surface area contributed by atoms with Gasteiger partial charge in [-0.3, -0.25) is 0 Å². The van der Waals surface area contributed by atoms with Gasteiger partial charge in [0.05, 0.1) is 5.57 Å². The van der Waals surface area contributed by atoms with E-state index in [1.165, 1.54) is 0 Å². The van der Waals surface area contributed by atoms with Crippen molar-refractivity contribution in [3.8, 4) is 0 Å². The Morgan fingerprint density at radius 3 is 2.13 bits per heavy atom. The van der Waals surface area contributed by atoms with Crippen LogP contribution in [0.2, 0.25) is 0 Å². The van der Waals surface area contributed by atoms with Gasteiger partial charge in [-0.2, -0.15) is 0 Å². The summed E-state index contributed by atoms with van der Waals surface area (Å²) in [6.07, 6.45) is 1.55. The van der Waals surface area contributed by atoms with Gasteiger partial charge in [0.25, 0.3) is 0 Å². The van der Waals surface area contributed by atoms with E-state index in [9.17, 15) is 4.79 Å². The zero-order valence-electron chi connectivity index (χ0n) is 9.69. The quantitative estimate of drug-likeness (QED) is 0.445. The maximum absolute atomic E-state index is 11.8. The molecule has 0 atom stereocenters. The lowest BCUT2D eigenvalue weighted by Crippen LogP contribution is -2.25. The molecule has 0 heterocycles. The molecule has 15 heavy (non-hydrogen) atoms. The first-order valence-electron chi connectivity index (χ1n) is 4.60. The molecule has 0 amide bonds. The molecule has 0 bridgehead atoms. The molecule has 0 fully saturated rings. The highest BCUT2D eigenvalue weighted by Gasteiger charge is 2.21. The van der Waals surface area contributed by atoms with Crippen LogP contribution in [0.5, 0.6) is 0 Å². The second-order valence-corrected chi connectivity index (χ2v) is 5.06. The average Bonchev–Trinajstić information content (AvgIpc) is 1.99. The maximum atomic E-state index is 11.8. The topological polar surface area (TPSA) is 26.3 Å². The molecule has 0 aromatic rings. The van der Waals surface area contributed by atoms with Crippen LogP contribution in [0, 0.1) is 0 Å². The van der Waals surface area contributed by atoms with E-state index in [2.05, 4.69) is 29.1 Å². The van der Waals surface area contributed by atoms with Crippen molar-refractivity contribution in [2.24, 2.45) is 0 Å². The van der Waals surface area contributed by atoms with Gasteiger partial charge in [0.1, 0.15) is 5.60 Å². The molecule has 0 aromatic heterocycles. The predicted molar refractivity (Wildman–Crippen MR) is 66.8 cm³/mol. The van der Waals surface area contributed by atoms with Crippen molar-refractivity contribution in [1.82, 2.24) is 0 Å². The standard InChI is InChI=1S/C12H17BrO2/c1-7-9(13)10(8(2)3)11(14)15-12(4,5)6/h7H,1-2H2,3-6H3/b10-9-. The SMILES string of the molecule is C=C/C(Br)=C(\C(=C)C)C(=O)OC(C)(C)C. The number of hydrogen-bond donors (Lipinski definition) is 0. The van der Waals surface area contributed by atoms with Crippen molar-refractivity contribution in [3.05, 3.63) is 34.9 Å². The molecule has 84 valence electrons. The number of halogens is 1. The third-order valence-corrected chi connectivity index (χ3v) is 2.17. The second kappa shape index (κ2) is 5.31. The summed E-state index contributed by atoms with van der Waals surface area (Å²) in [5, 5.41) is 0. The summed E-state index contributed by atoms with van der Waals surface area (Å²) in [5.74, 6) is -0.387. The zero-order chi connectivity index (χ0) is 12.2. The van der Waals surface area contributed by atoms with E-state index in [0.29, 0.717) is 15.6 Å². The Bertz CT molecular complexity index is 319. The van der Waals surface area contributed by atoms with E-state index in [4.69, 9.17) is 4.74 Å². The molecule has 3 heteroatoms. The van der Waals surface area contributed by atoms with Crippen molar-refractivity contribution in [2.75, 3.05) is 0 Å². The molecule has 0 saturated carbocycles. The van der Waals surface area contributed by atoms with Gasteiger partial charge in [-0.15, -0.1) is 0 Å². The molecular weight excluding hydrogens is 256 g/mol. The summed E-state index contributed by atoms with van der Waals surface area (Å²) in [4.78, 5) is 11.8. The van der Waals surface area contributed by atoms with Gasteiger partial charge in [-0.05, 0) is 49.2 Å². The molecule has 0 radical (unpaired) electrons. The minimum absolute atomic E-state index is 0.387. The average molecular weight is 273 g/mol. The van der Waals surface area contributed by atoms with Crippen LogP contribution < -0.4 is 0 Å². The smallest absolute Gasteiger partial charge is 0.340 e. The van der Waals surface area contributed by atoms with Gasteiger partial charge >= 0.3 is 5.97 Å². The molecule has 0 saturated heterocycles. The number of carbonyl (C=O) groups is 1. The predicted octanol–water partition coefficient (Wildman–Crippen LogP) is 3.74. The first-order chi connectivity index (χ1) is 6.69. The Balaban J connectivity index is 5.07. The fourth-order valence-corrected chi connectivity index (χ4v) is 1.41. The fraction of sp³-hybridized carbons (Fsp3) is 0.417. The van der Waals surface area contributed by atoms with Crippen LogP contribution in [0.15, 0.2) is 34.9 Å². The van der Waals surface area contributed by atoms with Gasteiger partial charge in [0.15, 0.2) is 0 Å². The summed E-state index contributed by atoms with van der Waals surface area (Å²) < 4.78 is 5.85. The summed E-state index contributed by atoms with van der Waals surface area (Å²) in [5.41, 5.74) is 0.572. The van der Waals surface area contributed by atoms with E-state index in [-0.39, 0.29) is 5.97 Å². The molecule has 0 aromatic carbocycles. The number of esters is 1. The van der Waals surface area contributed by atoms with Crippen molar-refractivity contribution in [3.63, 3.8) is 0 Å². The first kappa shape index (κ1) is 14.2. The third-order valence-electron chi connectivity index (χ3n) is 1.45. The Morgan fingerprint density at radius 2 is 1.87 bits per heavy atom. The molecule has 0 N–H and O–H groups in total. The van der Waals surface area contributed by atoms with Crippen LogP contribution in [0.1, 0.15) is 27.7 Å². The largest absolute Gasteiger partial charge is 0.456 e. The number of ether oxygens (including phenoxy) is 1. The van der Waals surface area contributed by atoms with E-state index in [1.807, 2.05) is 20.8 Å². The lowest BCUT2D eigenvalue weighted by molar-refractivity contribution is -0.149. The highest BCUT2D eigenvalue weighted by Crippen LogP contribution is 2.22. The Labute approximate surface area is 99.8 Å². The minimum atomic E-state index is -0.508. The maximum Gasteiger partial charge on any atom is 0.340 e. The molecule has 2 nitrogen and oxygen atoms in total. The Kier molecular flexibility index (Phi) is 5.01. The summed E-state index contributed by atoms with van der Waals surface area (Å²) in [6.45, 7) is 14.5. The molecule has 0 aliphatic heterocycles. The van der Waals surface area contributed by atoms with Gasteiger partial charge < -0.3 is 4.74 Å². The molecule has 0 aliphatic rings. The highest BCUT2D eigenvalue weighted by atomic mass is 79.9. The summed E-state index contributed by atoms with van der Waals surface area (Å²) in [6, 6.07) is 0. The van der Waals surface area contributed by atoms with Gasteiger partial charge in [-0.25, -0.2) is 4.79 Å². The number of allylic oxidation sites excluding steroid dienone is 2. The first-order valence-corrected chi connectivity index (χ1v) is 5.39. The van der Waals surface area contributed by atoms with Gasteiger partial charge in [0.2, 0.25) is 0 Å². The van der Waals surface area contributed by atoms with Gasteiger partial charge in [0, 0.05) is 4.48 Å². The van der Waals surface area contributed by atoms with Crippen molar-refractivity contribution in [1.29, 1.82) is 0 Å². The van der Waals surface area contributed by atoms with Crippen molar-refractivity contribution < 1.29 is 9.53 Å². The molecular formula is C12H17BrO2. The monoisotopic (exact) mass is 272 g/mol. The van der Waals surface area contributed by atoms with Crippen LogP contribution in [0.4, 0.5) is 0 Å². The van der Waals surface area contributed by atoms with Crippen LogP contribution >= 0.6 is 15.9 Å². The number of hydrogen-bond acceptors (Lipinski definition) is 2. The normalized spacial score (nSPS) is 12.9. The molecule has 0 aliphatic carbocycles. The van der Waals surface area contributed by atoms with Gasteiger partial charge in [-0.1, -0.05) is 19.2 Å². The fourth-order valence-electron chi connectivity index (χ4n) is 0.907. The second-order valence-electron chi connectivity index (χ2n) is 4.21. The lowest BCUT2D eigenvalue weighted by atomic mass is 10.1. The third kappa shape index (κ3) is 4.98. The Morgan fingerprint density at radius 1 is 1.40 bits per heavy atom. The van der Waals surface area contributed by atoms with E-state index in [1.54, 1.807) is 13.0 Å². The summed E-state index contributed by atoms with van der Waals surface area (Å²) >= 11 is 3.25. The lowest BCUT2D eigenvalue weighted by Gasteiger charge is -2.21. The zero-order valence-corrected chi connectivity index (χ0v) is 11.3. The summed E-state index contributed by atoms with van der Waals surface area (Å²) in [7, 11) is 0. The number of carbonyl (C=O) groups excluding carboxylic acids is 1. The van der Waals surface area contributed by atoms with Crippen LogP contribution in [-0.2, 0) is 9.53 Å². The van der Waals surface area contributed by atoms with Crippen molar-refractivity contribution in [2.45, 2.75) is 33.3 Å². The van der Waals surface area contributed by atoms with Crippen molar-refractivity contribution >= 4 is 21.9 Å². The minimum Gasteiger partial charge on any atom is -0.456 e. The molecule has 0 rings (SSSR count). The van der Waals surface area contributed by atoms with E-state index < -0.39 is 5.60 Å². The number of rotatable bonds is 3. The van der Waals surface area contributed by atoms with Crippen LogP contribution in [0.3, 0.4) is 0 Å². The highest BCUT2D eigenvalue weighted by molar-refractivity contribution is 9.12. The van der Waals surface area contributed by atoms with E-state index >= 15 is 0 Å².